The molecular formula is C15H22O2. The summed E-state index contributed by atoms with van der Waals surface area (Å²) >= 11 is 0. The molecule has 94 valence electrons. The van der Waals surface area contributed by atoms with Crippen molar-refractivity contribution >= 4 is 0 Å². The second-order valence-electron chi connectivity index (χ2n) is 4.81. The van der Waals surface area contributed by atoms with Gasteiger partial charge < -0.3 is 10.2 Å². The minimum atomic E-state index is -0.0278. The Labute approximate surface area is 104 Å². The Morgan fingerprint density at radius 1 is 1.35 bits per heavy atom. The third-order valence-electron chi connectivity index (χ3n) is 2.96. The smallest absolute Gasteiger partial charge is 0.119 e. The van der Waals surface area contributed by atoms with Gasteiger partial charge in [-0.1, -0.05) is 30.7 Å². The van der Waals surface area contributed by atoms with Crippen molar-refractivity contribution in [2.45, 2.75) is 46.1 Å². The number of allylic oxidation sites excluding steroid dienone is 2. The summed E-state index contributed by atoms with van der Waals surface area (Å²) < 4.78 is 0. The fourth-order valence-corrected chi connectivity index (χ4v) is 1.88. The molecule has 0 spiro atoms. The molecule has 0 heterocycles. The molecule has 0 aliphatic rings. The van der Waals surface area contributed by atoms with Gasteiger partial charge in [0.25, 0.3) is 0 Å². The average molecular weight is 234 g/mol. The summed E-state index contributed by atoms with van der Waals surface area (Å²) in [6.07, 6.45) is 4.28. The maximum Gasteiger partial charge on any atom is 0.119 e. The molecular weight excluding hydrogens is 212 g/mol. The predicted molar refractivity (Wildman–Crippen MR) is 71.1 cm³/mol. The normalized spacial score (nSPS) is 12.2. The largest absolute Gasteiger partial charge is 0.508 e. The van der Waals surface area contributed by atoms with Crippen LogP contribution >= 0.6 is 0 Å². The lowest BCUT2D eigenvalue weighted by Crippen LogP contribution is -1.95. The first kappa shape index (κ1) is 13.8. The van der Waals surface area contributed by atoms with Gasteiger partial charge in [0.05, 0.1) is 6.61 Å². The Bertz CT molecular complexity index is 390. The summed E-state index contributed by atoms with van der Waals surface area (Å²) in [6, 6.07) is 5.42. The van der Waals surface area contributed by atoms with Crippen molar-refractivity contribution < 1.29 is 10.2 Å². The van der Waals surface area contributed by atoms with Crippen LogP contribution in [0.5, 0.6) is 5.75 Å². The van der Waals surface area contributed by atoms with Crippen LogP contribution in [0.15, 0.2) is 29.8 Å². The van der Waals surface area contributed by atoms with Crippen LogP contribution in [0.3, 0.4) is 0 Å². The second-order valence-corrected chi connectivity index (χ2v) is 4.81. The average Bonchev–Trinajstić information content (AvgIpc) is 2.28. The molecule has 0 aromatic heterocycles. The molecule has 0 fully saturated rings. The van der Waals surface area contributed by atoms with E-state index in [4.69, 9.17) is 5.11 Å². The number of hydrogen-bond donors (Lipinski definition) is 2. The van der Waals surface area contributed by atoms with Crippen molar-refractivity contribution in [1.29, 1.82) is 0 Å². The summed E-state index contributed by atoms with van der Waals surface area (Å²) in [5.74, 6) is 0.625. The monoisotopic (exact) mass is 234 g/mol. The lowest BCUT2D eigenvalue weighted by atomic mass is 9.94. The molecule has 1 rings (SSSR count). The van der Waals surface area contributed by atoms with Crippen molar-refractivity contribution in [3.8, 4) is 5.75 Å². The van der Waals surface area contributed by atoms with E-state index in [1.165, 1.54) is 5.57 Å². The Balaban J connectivity index is 2.68. The summed E-state index contributed by atoms with van der Waals surface area (Å²) in [5.41, 5.74) is 3.05. The summed E-state index contributed by atoms with van der Waals surface area (Å²) in [4.78, 5) is 0. The van der Waals surface area contributed by atoms with Gasteiger partial charge >= 0.3 is 0 Å². The first-order valence-electron chi connectivity index (χ1n) is 6.10. The SMILES string of the molecule is CC(C)=CCCC(C)c1ccc(CO)cc1O. The molecule has 1 unspecified atom stereocenters. The number of phenolic OH excluding ortho intramolecular Hbond substituents is 1. The summed E-state index contributed by atoms with van der Waals surface area (Å²) in [6.45, 7) is 6.28. The van der Waals surface area contributed by atoms with E-state index in [-0.39, 0.29) is 6.61 Å². The highest BCUT2D eigenvalue weighted by Crippen LogP contribution is 2.29. The van der Waals surface area contributed by atoms with Crippen molar-refractivity contribution in [3.05, 3.63) is 41.0 Å². The minimum absolute atomic E-state index is 0.0278. The Morgan fingerprint density at radius 3 is 2.59 bits per heavy atom. The minimum Gasteiger partial charge on any atom is -0.508 e. The molecule has 0 bridgehead atoms. The first-order valence-corrected chi connectivity index (χ1v) is 6.10. The van der Waals surface area contributed by atoms with E-state index >= 15 is 0 Å². The van der Waals surface area contributed by atoms with Crippen LogP contribution < -0.4 is 0 Å². The van der Waals surface area contributed by atoms with Gasteiger partial charge in [0, 0.05) is 0 Å². The standard InChI is InChI=1S/C15H22O2/c1-11(2)5-4-6-12(3)14-8-7-13(10-16)9-15(14)17/h5,7-9,12,16-17H,4,6,10H2,1-3H3. The van der Waals surface area contributed by atoms with Gasteiger partial charge in [0.15, 0.2) is 0 Å². The fourth-order valence-electron chi connectivity index (χ4n) is 1.88. The molecule has 0 aliphatic carbocycles. The highest BCUT2D eigenvalue weighted by Gasteiger charge is 2.10. The maximum absolute atomic E-state index is 9.87. The molecule has 2 heteroatoms. The molecule has 1 atom stereocenters. The van der Waals surface area contributed by atoms with Gasteiger partial charge in [-0.05, 0) is 49.8 Å². The van der Waals surface area contributed by atoms with Gasteiger partial charge in [-0.15, -0.1) is 0 Å². The zero-order valence-electron chi connectivity index (χ0n) is 10.9. The van der Waals surface area contributed by atoms with E-state index in [0.717, 1.165) is 24.0 Å². The third-order valence-corrected chi connectivity index (χ3v) is 2.96. The van der Waals surface area contributed by atoms with Crippen molar-refractivity contribution in [1.82, 2.24) is 0 Å². The number of aliphatic hydroxyl groups excluding tert-OH is 1. The lowest BCUT2D eigenvalue weighted by Gasteiger charge is -2.13. The number of aliphatic hydroxyl groups is 1. The number of aromatic hydroxyl groups is 1. The van der Waals surface area contributed by atoms with E-state index in [9.17, 15) is 5.11 Å². The highest BCUT2D eigenvalue weighted by atomic mass is 16.3. The number of rotatable bonds is 5. The highest BCUT2D eigenvalue weighted by molar-refractivity contribution is 5.38. The van der Waals surface area contributed by atoms with Gasteiger partial charge in [-0.3, -0.25) is 0 Å². The number of phenols is 1. The van der Waals surface area contributed by atoms with Gasteiger partial charge in [-0.2, -0.15) is 0 Å². The van der Waals surface area contributed by atoms with Crippen LogP contribution in [0, 0.1) is 0 Å². The van der Waals surface area contributed by atoms with Crippen molar-refractivity contribution in [2.24, 2.45) is 0 Å². The molecule has 2 N–H and O–H groups in total. The topological polar surface area (TPSA) is 40.5 Å². The van der Waals surface area contributed by atoms with E-state index in [2.05, 4.69) is 26.8 Å². The molecule has 17 heavy (non-hydrogen) atoms. The second kappa shape index (κ2) is 6.45. The lowest BCUT2D eigenvalue weighted by molar-refractivity contribution is 0.281. The van der Waals surface area contributed by atoms with E-state index in [1.807, 2.05) is 12.1 Å². The van der Waals surface area contributed by atoms with Crippen LogP contribution in [-0.2, 0) is 6.61 Å². The molecule has 0 saturated carbocycles. The van der Waals surface area contributed by atoms with Crippen LogP contribution in [-0.4, -0.2) is 10.2 Å². The predicted octanol–water partition coefficient (Wildman–Crippen LogP) is 3.73. The molecule has 0 aliphatic heterocycles. The molecule has 1 aromatic carbocycles. The zero-order valence-corrected chi connectivity index (χ0v) is 10.9. The summed E-state index contributed by atoms with van der Waals surface area (Å²) in [7, 11) is 0. The van der Waals surface area contributed by atoms with E-state index < -0.39 is 0 Å². The number of benzene rings is 1. The van der Waals surface area contributed by atoms with Crippen molar-refractivity contribution in [2.75, 3.05) is 0 Å². The quantitative estimate of drug-likeness (QED) is 0.762. The van der Waals surface area contributed by atoms with Crippen LogP contribution in [0.25, 0.3) is 0 Å². The van der Waals surface area contributed by atoms with E-state index in [1.54, 1.807) is 6.07 Å². The van der Waals surface area contributed by atoms with Crippen LogP contribution in [0.2, 0.25) is 0 Å². The maximum atomic E-state index is 9.87. The molecule has 0 saturated heterocycles. The van der Waals surface area contributed by atoms with Gasteiger partial charge in [0.2, 0.25) is 0 Å². The van der Waals surface area contributed by atoms with Gasteiger partial charge in [0.1, 0.15) is 5.75 Å². The Kier molecular flexibility index (Phi) is 5.23. The first-order chi connectivity index (χ1) is 8.04. The summed E-state index contributed by atoms with van der Waals surface area (Å²) in [5, 5.41) is 18.9. The van der Waals surface area contributed by atoms with Crippen LogP contribution in [0.4, 0.5) is 0 Å². The fraction of sp³-hybridized carbons (Fsp3) is 0.467. The molecule has 0 amide bonds. The molecule has 0 radical (unpaired) electrons. The van der Waals surface area contributed by atoms with E-state index in [0.29, 0.717) is 11.7 Å². The molecule has 1 aromatic rings. The molecule has 2 nitrogen and oxygen atoms in total. The zero-order chi connectivity index (χ0) is 12.8. The van der Waals surface area contributed by atoms with Crippen molar-refractivity contribution in [3.63, 3.8) is 0 Å². The third kappa shape index (κ3) is 4.23. The Hall–Kier alpha value is -1.28. The number of hydrogen-bond acceptors (Lipinski definition) is 2. The van der Waals surface area contributed by atoms with Gasteiger partial charge in [-0.25, -0.2) is 0 Å². The van der Waals surface area contributed by atoms with Crippen LogP contribution in [0.1, 0.15) is 50.7 Å². The Morgan fingerprint density at radius 2 is 2.06 bits per heavy atom.